The third-order valence-corrected chi connectivity index (χ3v) is 2.40. The second kappa shape index (κ2) is 5.62. The lowest BCUT2D eigenvalue weighted by Gasteiger charge is -2.23. The highest BCUT2D eigenvalue weighted by molar-refractivity contribution is 5.88. The van der Waals surface area contributed by atoms with Crippen molar-refractivity contribution in [2.24, 2.45) is 0 Å². The molecule has 1 amide bonds. The van der Waals surface area contributed by atoms with Gasteiger partial charge in [-0.25, -0.2) is 9.18 Å². The molecule has 0 bridgehead atoms. The normalized spacial score (nSPS) is 10.9. The first-order valence-electron chi connectivity index (χ1n) is 5.49. The van der Waals surface area contributed by atoms with Crippen LogP contribution in [-0.2, 0) is 20.7 Å². The van der Waals surface area contributed by atoms with Crippen LogP contribution in [0, 0.1) is 5.82 Å². The summed E-state index contributed by atoms with van der Waals surface area (Å²) in [4.78, 5) is 23.1. The standard InChI is InChI=1S/C13H16FNO3/c1-13(2,12(17)18-3)15-11(16)8-9-5-4-6-10(14)7-9/h4-7H,8H2,1-3H3,(H,15,16). The van der Waals surface area contributed by atoms with E-state index in [1.807, 2.05) is 0 Å². The number of benzene rings is 1. The number of rotatable bonds is 4. The largest absolute Gasteiger partial charge is 0.467 e. The minimum Gasteiger partial charge on any atom is -0.467 e. The molecule has 5 heteroatoms. The number of amides is 1. The number of carbonyl (C=O) groups excluding carboxylic acids is 2. The van der Waals surface area contributed by atoms with Crippen LogP contribution in [-0.4, -0.2) is 24.5 Å². The molecule has 18 heavy (non-hydrogen) atoms. The van der Waals surface area contributed by atoms with Crippen LogP contribution in [0.5, 0.6) is 0 Å². The molecule has 0 aromatic heterocycles. The van der Waals surface area contributed by atoms with Crippen molar-refractivity contribution in [3.05, 3.63) is 35.6 Å². The lowest BCUT2D eigenvalue weighted by Crippen LogP contribution is -2.50. The van der Waals surface area contributed by atoms with Crippen LogP contribution in [0.2, 0.25) is 0 Å². The molecule has 1 aromatic carbocycles. The number of methoxy groups -OCH3 is 1. The summed E-state index contributed by atoms with van der Waals surface area (Å²) >= 11 is 0. The van der Waals surface area contributed by atoms with Gasteiger partial charge in [0.05, 0.1) is 13.5 Å². The molecular formula is C13H16FNO3. The van der Waals surface area contributed by atoms with E-state index >= 15 is 0 Å². The summed E-state index contributed by atoms with van der Waals surface area (Å²) in [7, 11) is 1.25. The maximum atomic E-state index is 12.9. The monoisotopic (exact) mass is 253 g/mol. The van der Waals surface area contributed by atoms with Gasteiger partial charge in [-0.15, -0.1) is 0 Å². The number of hydrogen-bond acceptors (Lipinski definition) is 3. The number of ether oxygens (including phenoxy) is 1. The molecule has 0 aliphatic rings. The molecule has 0 spiro atoms. The molecule has 0 unspecified atom stereocenters. The molecule has 0 fully saturated rings. The first-order chi connectivity index (χ1) is 8.35. The second-order valence-corrected chi connectivity index (χ2v) is 4.47. The Kier molecular flexibility index (Phi) is 4.42. The lowest BCUT2D eigenvalue weighted by atomic mass is 10.0. The molecule has 0 aliphatic carbocycles. The van der Waals surface area contributed by atoms with Gasteiger partial charge in [0.1, 0.15) is 11.4 Å². The van der Waals surface area contributed by atoms with E-state index in [9.17, 15) is 14.0 Å². The predicted molar refractivity (Wildman–Crippen MR) is 64.3 cm³/mol. The Morgan fingerprint density at radius 1 is 1.39 bits per heavy atom. The zero-order valence-electron chi connectivity index (χ0n) is 10.6. The minimum absolute atomic E-state index is 0.0121. The fourth-order valence-corrected chi connectivity index (χ4v) is 1.53. The molecule has 4 nitrogen and oxygen atoms in total. The van der Waals surface area contributed by atoms with Gasteiger partial charge >= 0.3 is 5.97 Å². The zero-order chi connectivity index (χ0) is 13.8. The number of nitrogens with one attached hydrogen (secondary N) is 1. The summed E-state index contributed by atoms with van der Waals surface area (Å²) in [5, 5.41) is 2.54. The van der Waals surface area contributed by atoms with Gasteiger partial charge < -0.3 is 10.1 Å². The average molecular weight is 253 g/mol. The van der Waals surface area contributed by atoms with Gasteiger partial charge in [0, 0.05) is 0 Å². The van der Waals surface area contributed by atoms with Crippen LogP contribution in [0.3, 0.4) is 0 Å². The Hall–Kier alpha value is -1.91. The van der Waals surface area contributed by atoms with E-state index in [0.717, 1.165) is 0 Å². The predicted octanol–water partition coefficient (Wildman–Crippen LogP) is 1.44. The fourth-order valence-electron chi connectivity index (χ4n) is 1.53. The number of halogens is 1. The highest BCUT2D eigenvalue weighted by atomic mass is 19.1. The SMILES string of the molecule is COC(=O)C(C)(C)NC(=O)Cc1cccc(F)c1. The van der Waals surface area contributed by atoms with Crippen LogP contribution in [0.15, 0.2) is 24.3 Å². The van der Waals surface area contributed by atoms with Gasteiger partial charge in [-0.1, -0.05) is 12.1 Å². The van der Waals surface area contributed by atoms with Gasteiger partial charge in [0.15, 0.2) is 0 Å². The molecule has 0 saturated carbocycles. The van der Waals surface area contributed by atoms with Crippen molar-refractivity contribution in [2.45, 2.75) is 25.8 Å². The van der Waals surface area contributed by atoms with Crippen LogP contribution >= 0.6 is 0 Å². The van der Waals surface area contributed by atoms with E-state index < -0.39 is 17.3 Å². The number of hydrogen-bond donors (Lipinski definition) is 1. The van der Waals surface area contributed by atoms with Gasteiger partial charge in [-0.05, 0) is 31.5 Å². The molecule has 98 valence electrons. The van der Waals surface area contributed by atoms with Crippen LogP contribution in [0.1, 0.15) is 19.4 Å². The average Bonchev–Trinajstić information content (AvgIpc) is 2.26. The maximum absolute atomic E-state index is 12.9. The van der Waals surface area contributed by atoms with Gasteiger partial charge in [0.2, 0.25) is 5.91 Å². The van der Waals surface area contributed by atoms with Crippen LogP contribution < -0.4 is 5.32 Å². The maximum Gasteiger partial charge on any atom is 0.330 e. The highest BCUT2D eigenvalue weighted by Crippen LogP contribution is 2.08. The molecule has 0 aliphatic heterocycles. The molecule has 1 rings (SSSR count). The van der Waals surface area contributed by atoms with Gasteiger partial charge in [-0.3, -0.25) is 4.79 Å². The summed E-state index contributed by atoms with van der Waals surface area (Å²) in [6.45, 7) is 3.09. The summed E-state index contributed by atoms with van der Waals surface area (Å²) in [6, 6.07) is 5.77. The molecule has 1 N–H and O–H groups in total. The van der Waals surface area contributed by atoms with Crippen molar-refractivity contribution >= 4 is 11.9 Å². The van der Waals surface area contributed by atoms with Crippen molar-refractivity contribution in [3.63, 3.8) is 0 Å². The minimum atomic E-state index is -1.10. The summed E-state index contributed by atoms with van der Waals surface area (Å²) < 4.78 is 17.5. The van der Waals surface area contributed by atoms with Gasteiger partial charge in [0.25, 0.3) is 0 Å². The molecule has 1 aromatic rings. The zero-order valence-corrected chi connectivity index (χ0v) is 10.6. The Morgan fingerprint density at radius 3 is 2.61 bits per heavy atom. The Labute approximate surface area is 105 Å². The first-order valence-corrected chi connectivity index (χ1v) is 5.49. The molecule has 0 heterocycles. The molecule has 0 radical (unpaired) electrons. The van der Waals surface area contributed by atoms with Crippen molar-refractivity contribution in [2.75, 3.05) is 7.11 Å². The molecule has 0 saturated heterocycles. The van der Waals surface area contributed by atoms with Crippen molar-refractivity contribution in [1.29, 1.82) is 0 Å². The summed E-state index contributed by atoms with van der Waals surface area (Å²) in [5.74, 6) is -1.29. The second-order valence-electron chi connectivity index (χ2n) is 4.47. The summed E-state index contributed by atoms with van der Waals surface area (Å²) in [5.41, 5.74) is -0.549. The van der Waals surface area contributed by atoms with E-state index in [-0.39, 0.29) is 12.3 Å². The van der Waals surface area contributed by atoms with Crippen molar-refractivity contribution in [1.82, 2.24) is 5.32 Å². The fraction of sp³-hybridized carbons (Fsp3) is 0.385. The molecule has 0 atom stereocenters. The number of carbonyl (C=O) groups is 2. The number of esters is 1. The quantitative estimate of drug-likeness (QED) is 0.826. The smallest absolute Gasteiger partial charge is 0.330 e. The summed E-state index contributed by atoms with van der Waals surface area (Å²) in [6.07, 6.45) is 0.0121. The van der Waals surface area contributed by atoms with Crippen LogP contribution in [0.4, 0.5) is 4.39 Å². The van der Waals surface area contributed by atoms with E-state index in [2.05, 4.69) is 10.1 Å². The Balaban J connectivity index is 2.65. The van der Waals surface area contributed by atoms with E-state index in [0.29, 0.717) is 5.56 Å². The van der Waals surface area contributed by atoms with Crippen LogP contribution in [0.25, 0.3) is 0 Å². The van der Waals surface area contributed by atoms with E-state index in [1.165, 1.54) is 25.3 Å². The van der Waals surface area contributed by atoms with E-state index in [4.69, 9.17) is 0 Å². The van der Waals surface area contributed by atoms with Crippen molar-refractivity contribution in [3.8, 4) is 0 Å². The lowest BCUT2D eigenvalue weighted by molar-refractivity contribution is -0.149. The Bertz CT molecular complexity index is 457. The first kappa shape index (κ1) is 14.2. The molecular weight excluding hydrogens is 237 g/mol. The van der Waals surface area contributed by atoms with Crippen molar-refractivity contribution < 1.29 is 18.7 Å². The van der Waals surface area contributed by atoms with Gasteiger partial charge in [-0.2, -0.15) is 0 Å². The Morgan fingerprint density at radius 2 is 2.06 bits per heavy atom. The van der Waals surface area contributed by atoms with E-state index in [1.54, 1.807) is 19.9 Å². The third kappa shape index (κ3) is 3.84. The third-order valence-electron chi connectivity index (χ3n) is 2.40. The highest BCUT2D eigenvalue weighted by Gasteiger charge is 2.30. The topological polar surface area (TPSA) is 55.4 Å².